The molecule has 1 fully saturated rings. The number of rotatable bonds is 0. The largest absolute Gasteiger partial charge is 0.412 e. The molecule has 1 saturated carbocycles. The highest BCUT2D eigenvalue weighted by Crippen LogP contribution is 2.56. The molecule has 0 amide bonds. The summed E-state index contributed by atoms with van der Waals surface area (Å²) in [6.07, 6.45) is 8.90. The minimum Gasteiger partial charge on any atom is -0.412 e. The molecule has 0 radical (unpaired) electrons. The first kappa shape index (κ1) is 13.5. The van der Waals surface area contributed by atoms with E-state index in [0.717, 1.165) is 11.8 Å². The lowest BCUT2D eigenvalue weighted by Gasteiger charge is -2.53. The van der Waals surface area contributed by atoms with Gasteiger partial charge in [-0.25, -0.2) is 0 Å². The maximum Gasteiger partial charge on any atom is -0.0167 e. The van der Waals surface area contributed by atoms with Gasteiger partial charge in [0.05, 0.1) is 0 Å². The number of hydrogen-bond donors (Lipinski definition) is 0. The Balaban J connectivity index is 0.00000128. The lowest BCUT2D eigenvalue weighted by molar-refractivity contribution is 0.00384. The summed E-state index contributed by atoms with van der Waals surface area (Å²) >= 11 is 0. The molecule has 2 aliphatic rings. The molecular formula is C15H26O. The molecule has 2 N–H and O–H groups in total. The van der Waals surface area contributed by atoms with Gasteiger partial charge in [-0.05, 0) is 56.3 Å². The van der Waals surface area contributed by atoms with Crippen LogP contribution in [0.2, 0.25) is 0 Å². The monoisotopic (exact) mass is 222 g/mol. The van der Waals surface area contributed by atoms with Crippen molar-refractivity contribution in [3.63, 3.8) is 0 Å². The number of fused-ring (bicyclic) bond motifs is 1. The fraction of sp³-hybridized carbons (Fsp3) is 0.733. The van der Waals surface area contributed by atoms with Crippen molar-refractivity contribution in [1.29, 1.82) is 0 Å². The molecule has 1 heteroatoms. The van der Waals surface area contributed by atoms with E-state index in [-0.39, 0.29) is 5.48 Å². The fourth-order valence-electron chi connectivity index (χ4n) is 3.44. The van der Waals surface area contributed by atoms with Gasteiger partial charge in [-0.2, -0.15) is 0 Å². The summed E-state index contributed by atoms with van der Waals surface area (Å²) in [4.78, 5) is 0. The smallest absolute Gasteiger partial charge is 0.0167 e. The van der Waals surface area contributed by atoms with Crippen LogP contribution in [0, 0.1) is 17.3 Å². The number of allylic oxidation sites excluding steroid dienone is 3. The SMILES string of the molecule is C=C1CCC=C(C)CC[C@@H]2[C@@H]1CC2(C)C.O. The van der Waals surface area contributed by atoms with Crippen molar-refractivity contribution in [1.82, 2.24) is 0 Å². The molecule has 2 atom stereocenters. The molecule has 0 aromatic rings. The highest BCUT2D eigenvalue weighted by atomic mass is 16.0. The van der Waals surface area contributed by atoms with E-state index in [9.17, 15) is 0 Å². The van der Waals surface area contributed by atoms with Crippen molar-refractivity contribution in [3.8, 4) is 0 Å². The van der Waals surface area contributed by atoms with E-state index in [1.807, 2.05) is 0 Å². The van der Waals surface area contributed by atoms with Gasteiger partial charge < -0.3 is 5.48 Å². The summed E-state index contributed by atoms with van der Waals surface area (Å²) in [5, 5.41) is 0. The van der Waals surface area contributed by atoms with Gasteiger partial charge in [-0.15, -0.1) is 0 Å². The Labute approximate surface area is 99.9 Å². The van der Waals surface area contributed by atoms with Crippen LogP contribution in [0.3, 0.4) is 0 Å². The third kappa shape index (κ3) is 2.40. The van der Waals surface area contributed by atoms with Gasteiger partial charge in [-0.1, -0.05) is 37.6 Å². The normalized spacial score (nSPS) is 33.2. The molecule has 0 aliphatic heterocycles. The van der Waals surface area contributed by atoms with E-state index in [4.69, 9.17) is 0 Å². The zero-order valence-electron chi connectivity index (χ0n) is 11.0. The van der Waals surface area contributed by atoms with Gasteiger partial charge in [0.2, 0.25) is 0 Å². The zero-order valence-corrected chi connectivity index (χ0v) is 11.0. The van der Waals surface area contributed by atoms with Crippen molar-refractivity contribution < 1.29 is 5.48 Å². The molecule has 0 heterocycles. The van der Waals surface area contributed by atoms with Gasteiger partial charge in [0.1, 0.15) is 0 Å². The van der Waals surface area contributed by atoms with Crippen LogP contribution in [0.1, 0.15) is 52.9 Å². The van der Waals surface area contributed by atoms with Crippen molar-refractivity contribution in [3.05, 3.63) is 23.8 Å². The Morgan fingerprint density at radius 3 is 2.62 bits per heavy atom. The van der Waals surface area contributed by atoms with E-state index in [0.29, 0.717) is 5.41 Å². The van der Waals surface area contributed by atoms with E-state index in [2.05, 4.69) is 33.4 Å². The average molecular weight is 222 g/mol. The molecule has 2 rings (SSSR count). The third-order valence-electron chi connectivity index (χ3n) is 4.57. The highest BCUT2D eigenvalue weighted by molar-refractivity contribution is 5.16. The van der Waals surface area contributed by atoms with Crippen LogP contribution in [0.4, 0.5) is 0 Å². The molecule has 0 saturated heterocycles. The Kier molecular flexibility index (Phi) is 4.01. The summed E-state index contributed by atoms with van der Waals surface area (Å²) in [7, 11) is 0. The summed E-state index contributed by atoms with van der Waals surface area (Å²) in [5.41, 5.74) is 3.68. The molecule has 0 aromatic carbocycles. The summed E-state index contributed by atoms with van der Waals surface area (Å²) in [5.74, 6) is 1.73. The lowest BCUT2D eigenvalue weighted by Crippen LogP contribution is -2.44. The van der Waals surface area contributed by atoms with Gasteiger partial charge >= 0.3 is 0 Å². The van der Waals surface area contributed by atoms with Crippen LogP contribution in [0.15, 0.2) is 23.8 Å². The van der Waals surface area contributed by atoms with Crippen molar-refractivity contribution >= 4 is 0 Å². The molecule has 1 nitrogen and oxygen atoms in total. The maximum atomic E-state index is 4.30. The summed E-state index contributed by atoms with van der Waals surface area (Å²) in [6, 6.07) is 0. The second kappa shape index (κ2) is 4.75. The molecular weight excluding hydrogens is 196 g/mol. The minimum atomic E-state index is 0. The molecule has 0 aromatic heterocycles. The Hall–Kier alpha value is -0.560. The van der Waals surface area contributed by atoms with Gasteiger partial charge in [0, 0.05) is 0 Å². The van der Waals surface area contributed by atoms with Gasteiger partial charge in [-0.3, -0.25) is 0 Å². The Bertz CT molecular complexity index is 299. The molecule has 2 aliphatic carbocycles. The van der Waals surface area contributed by atoms with Crippen LogP contribution >= 0.6 is 0 Å². The van der Waals surface area contributed by atoms with Crippen LogP contribution in [0.5, 0.6) is 0 Å². The fourth-order valence-corrected chi connectivity index (χ4v) is 3.44. The molecule has 0 spiro atoms. The lowest BCUT2D eigenvalue weighted by atomic mass is 9.52. The first-order valence-corrected chi connectivity index (χ1v) is 6.34. The van der Waals surface area contributed by atoms with E-state index in [1.54, 1.807) is 5.57 Å². The quantitative estimate of drug-likeness (QED) is 0.557. The van der Waals surface area contributed by atoms with Crippen LogP contribution in [-0.2, 0) is 0 Å². The predicted molar refractivity (Wildman–Crippen MR) is 70.4 cm³/mol. The topological polar surface area (TPSA) is 31.5 Å². The summed E-state index contributed by atoms with van der Waals surface area (Å²) in [6.45, 7) is 11.4. The third-order valence-corrected chi connectivity index (χ3v) is 4.57. The van der Waals surface area contributed by atoms with E-state index >= 15 is 0 Å². The molecule has 0 unspecified atom stereocenters. The van der Waals surface area contributed by atoms with Crippen LogP contribution in [0.25, 0.3) is 0 Å². The zero-order chi connectivity index (χ0) is 11.1. The molecule has 16 heavy (non-hydrogen) atoms. The highest BCUT2D eigenvalue weighted by Gasteiger charge is 2.47. The second-order valence-electron chi connectivity index (χ2n) is 6.19. The van der Waals surface area contributed by atoms with Gasteiger partial charge in [0.15, 0.2) is 0 Å². The number of hydrogen-bond acceptors (Lipinski definition) is 0. The Morgan fingerprint density at radius 1 is 1.31 bits per heavy atom. The van der Waals surface area contributed by atoms with Gasteiger partial charge in [0.25, 0.3) is 0 Å². The first-order chi connectivity index (χ1) is 7.00. The second-order valence-corrected chi connectivity index (χ2v) is 6.19. The standard InChI is InChI=1S/C15H24.H2O/c1-11-6-5-7-12(2)13-10-15(3,4)14(13)9-8-11;/h6,13-14H,2,5,7-10H2,1,3-4H3;1H2/t13-,14-;/m1./s1. The molecule has 0 bridgehead atoms. The predicted octanol–water partition coefficient (Wildman–Crippen LogP) is 3.90. The van der Waals surface area contributed by atoms with Crippen LogP contribution in [-0.4, -0.2) is 5.48 Å². The molecule has 92 valence electrons. The van der Waals surface area contributed by atoms with Crippen molar-refractivity contribution in [2.75, 3.05) is 0 Å². The minimum absolute atomic E-state index is 0. The van der Waals surface area contributed by atoms with Crippen LogP contribution < -0.4 is 0 Å². The van der Waals surface area contributed by atoms with E-state index in [1.165, 1.54) is 37.7 Å². The van der Waals surface area contributed by atoms with E-state index < -0.39 is 0 Å². The van der Waals surface area contributed by atoms with Crippen molar-refractivity contribution in [2.24, 2.45) is 17.3 Å². The Morgan fingerprint density at radius 2 is 2.00 bits per heavy atom. The maximum absolute atomic E-state index is 4.30. The summed E-state index contributed by atoms with van der Waals surface area (Å²) < 4.78 is 0. The van der Waals surface area contributed by atoms with Crippen molar-refractivity contribution in [2.45, 2.75) is 52.9 Å². The first-order valence-electron chi connectivity index (χ1n) is 6.34. The average Bonchev–Trinajstić information content (AvgIpc) is 2.18.